The molecule has 13 nitrogen and oxygen atoms in total. The number of pyridine rings is 1. The molecule has 22 heteroatoms. The summed E-state index contributed by atoms with van der Waals surface area (Å²) in [6, 6.07) is 8.32. The van der Waals surface area contributed by atoms with Gasteiger partial charge in [0, 0.05) is 67.3 Å². The topological polar surface area (TPSA) is 152 Å². The molecular weight excluding hydrogens is 878 g/mol. The van der Waals surface area contributed by atoms with Crippen molar-refractivity contribution in [2.75, 3.05) is 42.1 Å². The SMILES string of the molecule is Cn1nc(NS(C)(=O)=O)c2cccc(-c3cc4sc(N5CCC6(CC5)CNC6)nc4nc3[C@H](Cc3cc(F)cc(F)c3)NC(=O)Cn3nc(C(F)(F)F)c4c3C(F)(F)[C@@H]3CC[C@H]43)c21. The Kier molecular flexibility index (Phi) is 9.65. The molecule has 6 heterocycles. The standard InChI is InChI=1S/C41H39F7N10O3S2/c1-56-33-23(4-3-5-25(33)36(54-56)55-63(2,60)61)26-16-29-37(52-38(62-29)57-10-8-39(9-11-57)18-49-19-39)51-32(26)28(14-20-12-21(42)15-22(43)13-20)50-30(59)17-58-35-31(34(53-58)41(46,47)48)24-6-7-27(24)40(35,44)45/h3-5,12-13,15-16,24,27-28,49H,6-11,14,17-19H2,1-2H3,(H,50,59)(H,54,55)/t24-,27+,28-/m0/s1. The Labute approximate surface area is 359 Å². The van der Waals surface area contributed by atoms with E-state index in [-0.39, 0.29) is 47.4 Å². The number of thiazole rings is 1. The number of rotatable bonds is 10. The first-order valence-corrected chi connectivity index (χ1v) is 23.0. The van der Waals surface area contributed by atoms with Crippen molar-refractivity contribution >= 4 is 59.5 Å². The number of aryl methyl sites for hydroxylation is 1. The van der Waals surface area contributed by atoms with Crippen molar-refractivity contribution in [2.45, 2.75) is 62.7 Å². The highest BCUT2D eigenvalue weighted by atomic mass is 32.2. The number of hydrogen-bond donors (Lipinski definition) is 3. The summed E-state index contributed by atoms with van der Waals surface area (Å²) >= 11 is 1.39. The van der Waals surface area contributed by atoms with Gasteiger partial charge in [0.25, 0.3) is 5.92 Å². The predicted octanol–water partition coefficient (Wildman–Crippen LogP) is 7.00. The van der Waals surface area contributed by atoms with Crippen molar-refractivity contribution in [3.05, 3.63) is 82.3 Å². The van der Waals surface area contributed by atoms with Crippen LogP contribution in [0, 0.1) is 23.0 Å². The number of aromatic nitrogens is 6. The van der Waals surface area contributed by atoms with E-state index in [2.05, 4.69) is 30.5 Å². The van der Waals surface area contributed by atoms with Crippen molar-refractivity contribution < 1.29 is 43.9 Å². The molecular formula is C41H39F7N10O3S2. The van der Waals surface area contributed by atoms with Crippen LogP contribution in [-0.2, 0) is 46.9 Å². The van der Waals surface area contributed by atoms with Gasteiger partial charge in [-0.25, -0.2) is 22.2 Å². The van der Waals surface area contributed by atoms with Crippen molar-refractivity contribution in [1.82, 2.24) is 40.2 Å². The Balaban J connectivity index is 1.11. The Morgan fingerprint density at radius 3 is 2.38 bits per heavy atom. The van der Waals surface area contributed by atoms with Crippen LogP contribution in [0.25, 0.3) is 32.4 Å². The zero-order chi connectivity index (χ0) is 44.4. The largest absolute Gasteiger partial charge is 0.435 e. The third-order valence-corrected chi connectivity index (χ3v) is 14.6. The van der Waals surface area contributed by atoms with Crippen molar-refractivity contribution in [3.8, 4) is 11.1 Å². The lowest BCUT2D eigenvalue weighted by Crippen LogP contribution is -2.58. The molecule has 3 N–H and O–H groups in total. The number of fused-ring (bicyclic) bond motifs is 5. The number of hydrogen-bond acceptors (Lipinski definition) is 10. The molecule has 2 aliphatic carbocycles. The Morgan fingerprint density at radius 2 is 1.75 bits per heavy atom. The first-order chi connectivity index (χ1) is 29.8. The Hall–Kier alpha value is -5.35. The normalized spacial score (nSPS) is 20.7. The minimum Gasteiger partial charge on any atom is -0.348 e. The van der Waals surface area contributed by atoms with E-state index in [9.17, 15) is 35.2 Å². The van der Waals surface area contributed by atoms with Crippen LogP contribution in [0.15, 0.2) is 42.5 Å². The van der Waals surface area contributed by atoms with Crippen molar-refractivity contribution in [2.24, 2.45) is 18.4 Å². The van der Waals surface area contributed by atoms with E-state index >= 15 is 8.78 Å². The third kappa shape index (κ3) is 7.26. The fourth-order valence-electron chi connectivity index (χ4n) is 9.81. The minimum atomic E-state index is -5.06. The number of nitrogens with one attached hydrogen (secondary N) is 3. The second-order valence-electron chi connectivity index (χ2n) is 17.2. The minimum absolute atomic E-state index is 0.0165. The lowest BCUT2D eigenvalue weighted by atomic mass is 9.73. The molecule has 1 spiro atoms. The van der Waals surface area contributed by atoms with E-state index in [1.54, 1.807) is 31.3 Å². The van der Waals surface area contributed by atoms with Crippen LogP contribution in [-0.4, -0.2) is 76.3 Å². The highest BCUT2D eigenvalue weighted by Gasteiger charge is 2.63. The number of halogens is 7. The zero-order valence-electron chi connectivity index (χ0n) is 33.7. The van der Waals surface area contributed by atoms with Gasteiger partial charge in [-0.2, -0.15) is 37.1 Å². The number of amides is 1. The van der Waals surface area contributed by atoms with E-state index in [0.717, 1.165) is 57.4 Å². The van der Waals surface area contributed by atoms with E-state index in [4.69, 9.17) is 9.97 Å². The molecule has 2 aromatic carbocycles. The van der Waals surface area contributed by atoms with Gasteiger partial charge in [0.15, 0.2) is 22.3 Å². The highest BCUT2D eigenvalue weighted by Crippen LogP contribution is 2.64. The van der Waals surface area contributed by atoms with Gasteiger partial charge in [-0.15, -0.1) is 0 Å². The number of nitrogens with zero attached hydrogens (tertiary/aromatic N) is 7. The molecule has 0 unspecified atom stereocenters. The summed E-state index contributed by atoms with van der Waals surface area (Å²) < 4.78 is 134. The van der Waals surface area contributed by atoms with Crippen molar-refractivity contribution in [1.29, 1.82) is 0 Å². The van der Waals surface area contributed by atoms with Crippen LogP contribution < -0.4 is 20.3 Å². The van der Waals surface area contributed by atoms with Gasteiger partial charge in [0.05, 0.1) is 28.2 Å². The number of carbonyl (C=O) groups excluding carboxylic acids is 1. The van der Waals surface area contributed by atoms with Crippen LogP contribution >= 0.6 is 11.3 Å². The molecule has 3 atom stereocenters. The van der Waals surface area contributed by atoms with Gasteiger partial charge in [0.1, 0.15) is 23.9 Å². The molecule has 4 aromatic heterocycles. The lowest BCUT2D eigenvalue weighted by molar-refractivity contribution is -0.144. The summed E-state index contributed by atoms with van der Waals surface area (Å²) in [4.78, 5) is 26.3. The van der Waals surface area contributed by atoms with Gasteiger partial charge in [-0.3, -0.25) is 18.9 Å². The smallest absolute Gasteiger partial charge is 0.348 e. The van der Waals surface area contributed by atoms with Gasteiger partial charge in [-0.05, 0) is 73.3 Å². The molecule has 10 rings (SSSR count). The fourth-order valence-corrected chi connectivity index (χ4v) is 11.3. The maximum atomic E-state index is 15.8. The molecule has 63 heavy (non-hydrogen) atoms. The van der Waals surface area contributed by atoms with Gasteiger partial charge in [-0.1, -0.05) is 23.5 Å². The number of benzene rings is 2. The van der Waals surface area contributed by atoms with Crippen LogP contribution in [0.4, 0.5) is 41.7 Å². The molecule has 0 bridgehead atoms. The maximum Gasteiger partial charge on any atom is 0.435 e. The molecule has 4 aliphatic rings. The van der Waals surface area contributed by atoms with Gasteiger partial charge in [0.2, 0.25) is 15.9 Å². The Bertz CT molecular complexity index is 2930. The average Bonchev–Trinajstić information content (AvgIpc) is 3.88. The first-order valence-electron chi connectivity index (χ1n) is 20.3. The Morgan fingerprint density at radius 1 is 1.02 bits per heavy atom. The average molecular weight is 917 g/mol. The predicted molar refractivity (Wildman–Crippen MR) is 220 cm³/mol. The summed E-state index contributed by atoms with van der Waals surface area (Å²) in [5.41, 5.74) is -1.02. The second kappa shape index (κ2) is 14.6. The molecule has 6 aromatic rings. The fraction of sp³-hybridized carbons (Fsp3) is 0.439. The van der Waals surface area contributed by atoms with Crippen LogP contribution in [0.2, 0.25) is 0 Å². The zero-order valence-corrected chi connectivity index (χ0v) is 35.3. The van der Waals surface area contributed by atoms with Crippen LogP contribution in [0.1, 0.15) is 65.9 Å². The number of anilines is 2. The van der Waals surface area contributed by atoms with E-state index < -0.39 is 81.0 Å². The van der Waals surface area contributed by atoms with E-state index in [0.29, 0.717) is 42.6 Å². The lowest BCUT2D eigenvalue weighted by Gasteiger charge is -2.48. The quantitative estimate of drug-likeness (QED) is 0.124. The highest BCUT2D eigenvalue weighted by molar-refractivity contribution is 7.92. The molecule has 2 saturated heterocycles. The number of sulfonamides is 1. The number of alkyl halides is 5. The monoisotopic (exact) mass is 916 g/mol. The molecule has 1 saturated carbocycles. The number of piperidine rings is 1. The molecule has 3 fully saturated rings. The van der Waals surface area contributed by atoms with Gasteiger partial charge >= 0.3 is 6.18 Å². The summed E-state index contributed by atoms with van der Waals surface area (Å²) in [6.07, 6.45) is -2.34. The molecule has 332 valence electrons. The van der Waals surface area contributed by atoms with Crippen LogP contribution in [0.5, 0.6) is 0 Å². The summed E-state index contributed by atoms with van der Waals surface area (Å²) in [5.74, 6) is -8.90. The van der Waals surface area contributed by atoms with Gasteiger partial charge < -0.3 is 15.5 Å². The number of para-hydroxylation sites is 1. The molecule has 1 amide bonds. The second-order valence-corrected chi connectivity index (χ2v) is 19.9. The third-order valence-electron chi connectivity index (χ3n) is 12.9. The maximum absolute atomic E-state index is 15.8. The summed E-state index contributed by atoms with van der Waals surface area (Å²) in [5, 5.41) is 15.2. The van der Waals surface area contributed by atoms with Crippen LogP contribution in [0.3, 0.4) is 0 Å². The molecule has 0 radical (unpaired) electrons. The first kappa shape index (κ1) is 41.6. The van der Waals surface area contributed by atoms with E-state index in [1.165, 1.54) is 16.0 Å². The van der Waals surface area contributed by atoms with Crippen molar-refractivity contribution in [3.63, 3.8) is 0 Å². The summed E-state index contributed by atoms with van der Waals surface area (Å²) in [6.45, 7) is 2.37. The summed E-state index contributed by atoms with van der Waals surface area (Å²) in [7, 11) is -2.17. The number of carbonyl (C=O) groups is 1. The molecule has 2 aliphatic heterocycles. The van der Waals surface area contributed by atoms with E-state index in [1.807, 2.05) is 0 Å².